The average molecular weight is 348 g/mol. The molecule has 0 atom stereocenters. The lowest BCUT2D eigenvalue weighted by atomic mass is 10.2. The van der Waals surface area contributed by atoms with E-state index in [0.717, 1.165) is 21.3 Å². The summed E-state index contributed by atoms with van der Waals surface area (Å²) in [6, 6.07) is 2.77. The predicted molar refractivity (Wildman–Crippen MR) is 74.8 cm³/mol. The quantitative estimate of drug-likeness (QED) is 0.810. The second-order valence-corrected chi connectivity index (χ2v) is 6.51. The van der Waals surface area contributed by atoms with Crippen molar-refractivity contribution in [3.05, 3.63) is 21.2 Å². The van der Waals surface area contributed by atoms with Crippen LogP contribution in [0.5, 0.6) is 0 Å². The third-order valence-corrected chi connectivity index (χ3v) is 3.63. The van der Waals surface area contributed by atoms with Gasteiger partial charge in [0.25, 0.3) is 0 Å². The van der Waals surface area contributed by atoms with Crippen molar-refractivity contribution >= 4 is 37.7 Å². The van der Waals surface area contributed by atoms with Crippen molar-refractivity contribution in [2.24, 2.45) is 5.92 Å². The standard InChI is InChI=1S/C12H16Br2N2/c1-8(2)7-16(10-3-4-10)12-11(14)5-9(13)6-15-12/h5-6,8,10H,3-4,7H2,1-2H3. The highest BCUT2D eigenvalue weighted by atomic mass is 79.9. The van der Waals surface area contributed by atoms with Gasteiger partial charge < -0.3 is 4.90 Å². The molecule has 1 aliphatic carbocycles. The van der Waals surface area contributed by atoms with Crippen LogP contribution in [-0.2, 0) is 0 Å². The monoisotopic (exact) mass is 346 g/mol. The maximum atomic E-state index is 4.52. The van der Waals surface area contributed by atoms with Crippen LogP contribution in [0, 0.1) is 5.92 Å². The maximum Gasteiger partial charge on any atom is 0.143 e. The number of nitrogens with zero attached hydrogens (tertiary/aromatic N) is 2. The van der Waals surface area contributed by atoms with E-state index in [9.17, 15) is 0 Å². The van der Waals surface area contributed by atoms with Crippen molar-refractivity contribution in [1.29, 1.82) is 0 Å². The molecule has 1 aliphatic rings. The van der Waals surface area contributed by atoms with Crippen LogP contribution in [0.25, 0.3) is 0 Å². The van der Waals surface area contributed by atoms with Gasteiger partial charge in [-0.25, -0.2) is 4.98 Å². The van der Waals surface area contributed by atoms with Gasteiger partial charge in [0.15, 0.2) is 0 Å². The molecule has 0 radical (unpaired) electrons. The molecule has 0 amide bonds. The Morgan fingerprint density at radius 2 is 2.12 bits per heavy atom. The molecule has 0 spiro atoms. The second kappa shape index (κ2) is 5.05. The molecular weight excluding hydrogens is 332 g/mol. The number of aromatic nitrogens is 1. The number of rotatable bonds is 4. The Morgan fingerprint density at radius 1 is 1.44 bits per heavy atom. The van der Waals surface area contributed by atoms with Gasteiger partial charge in [-0.1, -0.05) is 13.8 Å². The molecule has 1 aromatic heterocycles. The molecule has 88 valence electrons. The summed E-state index contributed by atoms with van der Waals surface area (Å²) < 4.78 is 2.10. The average Bonchev–Trinajstić information content (AvgIpc) is 2.97. The molecule has 0 aliphatic heterocycles. The van der Waals surface area contributed by atoms with Crippen molar-refractivity contribution in [3.63, 3.8) is 0 Å². The summed E-state index contributed by atoms with van der Waals surface area (Å²) in [5.74, 6) is 1.75. The fourth-order valence-corrected chi connectivity index (χ4v) is 3.02. The first kappa shape index (κ1) is 12.4. The van der Waals surface area contributed by atoms with Crippen LogP contribution in [0.15, 0.2) is 21.2 Å². The van der Waals surface area contributed by atoms with Gasteiger partial charge in [0.05, 0.1) is 4.47 Å². The highest BCUT2D eigenvalue weighted by Crippen LogP contribution is 2.35. The normalized spacial score (nSPS) is 15.6. The molecule has 2 rings (SSSR count). The predicted octanol–water partition coefficient (Wildman–Crippen LogP) is 4.23. The molecule has 1 heterocycles. The van der Waals surface area contributed by atoms with Crippen molar-refractivity contribution < 1.29 is 0 Å². The highest BCUT2D eigenvalue weighted by Gasteiger charge is 2.31. The lowest BCUT2D eigenvalue weighted by molar-refractivity contribution is 0.602. The fraction of sp³-hybridized carbons (Fsp3) is 0.583. The zero-order chi connectivity index (χ0) is 11.7. The van der Waals surface area contributed by atoms with Crippen LogP contribution in [0.4, 0.5) is 5.82 Å². The summed E-state index contributed by atoms with van der Waals surface area (Å²) in [6.45, 7) is 5.59. The summed E-state index contributed by atoms with van der Waals surface area (Å²) in [4.78, 5) is 6.96. The first-order valence-electron chi connectivity index (χ1n) is 5.65. The van der Waals surface area contributed by atoms with E-state index in [1.165, 1.54) is 12.8 Å². The van der Waals surface area contributed by atoms with Crippen LogP contribution >= 0.6 is 31.9 Å². The van der Waals surface area contributed by atoms with E-state index in [1.54, 1.807) is 0 Å². The third kappa shape index (κ3) is 2.98. The molecule has 1 aromatic rings. The zero-order valence-electron chi connectivity index (χ0n) is 9.58. The van der Waals surface area contributed by atoms with Crippen LogP contribution in [0.3, 0.4) is 0 Å². The Balaban J connectivity index is 2.24. The summed E-state index contributed by atoms with van der Waals surface area (Å²) >= 11 is 7.04. The first-order chi connectivity index (χ1) is 7.58. The Hall–Kier alpha value is -0.0900. The first-order valence-corrected chi connectivity index (χ1v) is 7.24. The highest BCUT2D eigenvalue weighted by molar-refractivity contribution is 9.11. The van der Waals surface area contributed by atoms with E-state index in [1.807, 2.05) is 6.20 Å². The molecule has 1 fully saturated rings. The lowest BCUT2D eigenvalue weighted by Gasteiger charge is -2.26. The van der Waals surface area contributed by atoms with E-state index in [4.69, 9.17) is 0 Å². The Kier molecular flexibility index (Phi) is 3.90. The molecule has 0 aromatic carbocycles. The topological polar surface area (TPSA) is 16.1 Å². The van der Waals surface area contributed by atoms with Gasteiger partial charge >= 0.3 is 0 Å². The number of pyridine rings is 1. The summed E-state index contributed by atoms with van der Waals surface area (Å²) in [7, 11) is 0. The van der Waals surface area contributed by atoms with Crippen LogP contribution in [0.1, 0.15) is 26.7 Å². The Labute approximate surface area is 114 Å². The molecule has 0 N–H and O–H groups in total. The SMILES string of the molecule is CC(C)CN(c1ncc(Br)cc1Br)C1CC1. The Morgan fingerprint density at radius 3 is 2.62 bits per heavy atom. The molecule has 0 bridgehead atoms. The van der Waals surface area contributed by atoms with E-state index in [2.05, 4.69) is 61.7 Å². The molecule has 0 saturated heterocycles. The van der Waals surface area contributed by atoms with E-state index >= 15 is 0 Å². The van der Waals surface area contributed by atoms with Crippen molar-refractivity contribution in [2.45, 2.75) is 32.7 Å². The van der Waals surface area contributed by atoms with Crippen LogP contribution in [-0.4, -0.2) is 17.6 Å². The van der Waals surface area contributed by atoms with Gasteiger partial charge in [0, 0.05) is 23.3 Å². The number of hydrogen-bond acceptors (Lipinski definition) is 2. The molecular formula is C12H16Br2N2. The number of anilines is 1. The fourth-order valence-electron chi connectivity index (χ4n) is 1.81. The van der Waals surface area contributed by atoms with Gasteiger partial charge in [-0.3, -0.25) is 0 Å². The number of hydrogen-bond donors (Lipinski definition) is 0. The van der Waals surface area contributed by atoms with E-state index in [0.29, 0.717) is 12.0 Å². The molecule has 1 saturated carbocycles. The van der Waals surface area contributed by atoms with Crippen molar-refractivity contribution in [1.82, 2.24) is 4.98 Å². The molecule has 4 heteroatoms. The smallest absolute Gasteiger partial charge is 0.143 e. The molecule has 2 nitrogen and oxygen atoms in total. The van der Waals surface area contributed by atoms with Crippen LogP contribution < -0.4 is 4.90 Å². The Bertz CT molecular complexity index is 375. The van der Waals surface area contributed by atoms with Crippen molar-refractivity contribution in [3.8, 4) is 0 Å². The lowest BCUT2D eigenvalue weighted by Crippen LogP contribution is -2.30. The minimum Gasteiger partial charge on any atom is -0.352 e. The number of halogens is 2. The van der Waals surface area contributed by atoms with E-state index < -0.39 is 0 Å². The largest absolute Gasteiger partial charge is 0.352 e. The minimum atomic E-state index is 0.665. The second-order valence-electron chi connectivity index (χ2n) is 4.74. The summed E-state index contributed by atoms with van der Waals surface area (Å²) in [5.41, 5.74) is 0. The summed E-state index contributed by atoms with van der Waals surface area (Å²) in [5, 5.41) is 0. The molecule has 16 heavy (non-hydrogen) atoms. The van der Waals surface area contributed by atoms with E-state index in [-0.39, 0.29) is 0 Å². The molecule has 0 unspecified atom stereocenters. The van der Waals surface area contributed by atoms with Gasteiger partial charge in [-0.05, 0) is 56.7 Å². The van der Waals surface area contributed by atoms with Crippen LogP contribution in [0.2, 0.25) is 0 Å². The third-order valence-electron chi connectivity index (χ3n) is 2.61. The van der Waals surface area contributed by atoms with Gasteiger partial charge in [0.1, 0.15) is 5.82 Å². The van der Waals surface area contributed by atoms with Gasteiger partial charge in [-0.15, -0.1) is 0 Å². The maximum absolute atomic E-state index is 4.52. The zero-order valence-corrected chi connectivity index (χ0v) is 12.8. The van der Waals surface area contributed by atoms with Crippen molar-refractivity contribution in [2.75, 3.05) is 11.4 Å². The van der Waals surface area contributed by atoms with Gasteiger partial charge in [0.2, 0.25) is 0 Å². The minimum absolute atomic E-state index is 0.665. The summed E-state index contributed by atoms with van der Waals surface area (Å²) in [6.07, 6.45) is 4.48. The van der Waals surface area contributed by atoms with Gasteiger partial charge in [-0.2, -0.15) is 0 Å².